The summed E-state index contributed by atoms with van der Waals surface area (Å²) in [7, 11) is 0. The van der Waals surface area contributed by atoms with Crippen LogP contribution in [0, 0.1) is 17.8 Å². The lowest BCUT2D eigenvalue weighted by Crippen LogP contribution is -2.25. The molecule has 1 aromatic heterocycles. The number of hydrogen-bond donors (Lipinski definition) is 0. The van der Waals surface area contributed by atoms with Gasteiger partial charge in [-0.3, -0.25) is 0 Å². The van der Waals surface area contributed by atoms with Gasteiger partial charge >= 0.3 is 0 Å². The number of rotatable bonds is 7. The Labute approximate surface area is 261 Å². The Hall–Kier alpha value is -2.78. The smallest absolute Gasteiger partial charge is 0.199 e. The minimum absolute atomic E-state index is 0.0555. The standard InChI is InChI=1S/C40H55NO2/c1-27-15-20-35(43-36-14-12-13-21-42-36)34(22-27)41-32-18-16-28(39(8,9)25-37(2,3)4)23-30(32)31-24-29(17-19-33(31)41)40(10,11)26-38(5,6)7/h15-20,22-24,36H,12-14,21,25-26H2,1-11H3. The topological polar surface area (TPSA) is 23.4 Å². The lowest BCUT2D eigenvalue weighted by Gasteiger charge is -2.33. The van der Waals surface area contributed by atoms with Gasteiger partial charge in [0.25, 0.3) is 0 Å². The van der Waals surface area contributed by atoms with Gasteiger partial charge < -0.3 is 14.0 Å². The highest BCUT2D eigenvalue weighted by Crippen LogP contribution is 2.43. The molecular formula is C40H55NO2. The molecule has 0 N–H and O–H groups in total. The molecule has 232 valence electrons. The molecule has 0 radical (unpaired) electrons. The molecule has 1 atom stereocenters. The van der Waals surface area contributed by atoms with Gasteiger partial charge in [-0.15, -0.1) is 0 Å². The molecule has 43 heavy (non-hydrogen) atoms. The molecule has 3 nitrogen and oxygen atoms in total. The molecular weight excluding hydrogens is 526 g/mol. The van der Waals surface area contributed by atoms with E-state index in [1.165, 1.54) is 38.5 Å². The van der Waals surface area contributed by atoms with Crippen molar-refractivity contribution in [1.29, 1.82) is 0 Å². The number of fused-ring (bicyclic) bond motifs is 3. The first-order chi connectivity index (χ1) is 19.9. The number of aryl methyl sites for hydroxylation is 1. The Morgan fingerprint density at radius 3 is 1.70 bits per heavy atom. The van der Waals surface area contributed by atoms with Gasteiger partial charge in [-0.2, -0.15) is 0 Å². The highest BCUT2D eigenvalue weighted by atomic mass is 16.7. The van der Waals surface area contributed by atoms with Gasteiger partial charge in [0, 0.05) is 17.2 Å². The zero-order chi connectivity index (χ0) is 31.4. The molecule has 0 saturated carbocycles. The van der Waals surface area contributed by atoms with Gasteiger partial charge in [0.15, 0.2) is 6.29 Å². The number of hydrogen-bond acceptors (Lipinski definition) is 2. The third-order valence-corrected chi connectivity index (χ3v) is 9.02. The van der Waals surface area contributed by atoms with Crippen molar-refractivity contribution in [3.8, 4) is 11.4 Å². The summed E-state index contributed by atoms with van der Waals surface area (Å²) in [6, 6.07) is 20.9. The molecule has 3 aromatic carbocycles. The van der Waals surface area contributed by atoms with Gasteiger partial charge in [-0.05, 0) is 107 Å². The second-order valence-corrected chi connectivity index (χ2v) is 16.9. The Morgan fingerprint density at radius 2 is 1.23 bits per heavy atom. The molecule has 0 spiro atoms. The van der Waals surface area contributed by atoms with Crippen molar-refractivity contribution in [2.24, 2.45) is 10.8 Å². The molecule has 2 heterocycles. The Kier molecular flexibility index (Phi) is 8.31. The molecule has 1 saturated heterocycles. The number of ether oxygens (including phenoxy) is 2. The maximum Gasteiger partial charge on any atom is 0.199 e. The van der Waals surface area contributed by atoms with E-state index in [4.69, 9.17) is 9.47 Å². The van der Waals surface area contributed by atoms with Crippen molar-refractivity contribution in [2.75, 3.05) is 6.61 Å². The minimum atomic E-state index is -0.196. The molecule has 1 fully saturated rings. The van der Waals surface area contributed by atoms with E-state index in [-0.39, 0.29) is 27.9 Å². The zero-order valence-corrected chi connectivity index (χ0v) is 28.8. The van der Waals surface area contributed by atoms with Crippen molar-refractivity contribution >= 4 is 21.8 Å². The van der Waals surface area contributed by atoms with Crippen molar-refractivity contribution in [1.82, 2.24) is 4.57 Å². The Balaban J connectivity index is 1.75. The fraction of sp³-hybridized carbons (Fsp3) is 0.550. The van der Waals surface area contributed by atoms with E-state index in [0.717, 1.165) is 50.1 Å². The van der Waals surface area contributed by atoms with E-state index in [9.17, 15) is 0 Å². The van der Waals surface area contributed by atoms with Crippen molar-refractivity contribution in [2.45, 2.75) is 125 Å². The summed E-state index contributed by atoms with van der Waals surface area (Å²) in [6.45, 7) is 26.6. The van der Waals surface area contributed by atoms with Crippen LogP contribution in [-0.2, 0) is 15.6 Å². The summed E-state index contributed by atoms with van der Waals surface area (Å²) >= 11 is 0. The average Bonchev–Trinajstić information content (AvgIpc) is 3.20. The molecule has 1 unspecified atom stereocenters. The summed E-state index contributed by atoms with van der Waals surface area (Å²) in [5, 5.41) is 2.62. The third kappa shape index (κ3) is 6.98. The van der Waals surface area contributed by atoms with Crippen LogP contribution in [0.5, 0.6) is 5.75 Å². The van der Waals surface area contributed by atoms with Crippen LogP contribution in [0.4, 0.5) is 0 Å². The van der Waals surface area contributed by atoms with Crippen LogP contribution >= 0.6 is 0 Å². The summed E-state index contributed by atoms with van der Waals surface area (Å²) in [5.74, 6) is 0.880. The molecule has 0 amide bonds. The summed E-state index contributed by atoms with van der Waals surface area (Å²) in [5.41, 5.74) is 8.11. The quantitative estimate of drug-likeness (QED) is 0.217. The fourth-order valence-corrected chi connectivity index (χ4v) is 7.83. The SMILES string of the molecule is Cc1ccc(OC2CCCCO2)c(-n2c3ccc(C(C)(C)CC(C)(C)C)cc3c3cc(C(C)(C)CC(C)(C)C)ccc32)c1. The first-order valence-electron chi connectivity index (χ1n) is 16.4. The van der Waals surface area contributed by atoms with E-state index < -0.39 is 0 Å². The molecule has 0 bridgehead atoms. The van der Waals surface area contributed by atoms with E-state index in [0.29, 0.717) is 0 Å². The van der Waals surface area contributed by atoms with Crippen molar-refractivity contribution < 1.29 is 9.47 Å². The van der Waals surface area contributed by atoms with Crippen LogP contribution in [0.25, 0.3) is 27.5 Å². The van der Waals surface area contributed by atoms with Gasteiger partial charge in [0.1, 0.15) is 5.75 Å². The summed E-state index contributed by atoms with van der Waals surface area (Å²) in [4.78, 5) is 0. The second kappa shape index (κ2) is 11.3. The van der Waals surface area contributed by atoms with Gasteiger partial charge in [0.2, 0.25) is 0 Å². The fourth-order valence-electron chi connectivity index (χ4n) is 7.83. The van der Waals surface area contributed by atoms with Crippen LogP contribution in [0.2, 0.25) is 0 Å². The summed E-state index contributed by atoms with van der Waals surface area (Å²) < 4.78 is 15.0. The first kappa shape index (κ1) is 31.6. The number of aromatic nitrogens is 1. The monoisotopic (exact) mass is 581 g/mol. The highest BCUT2D eigenvalue weighted by Gasteiger charge is 2.30. The van der Waals surface area contributed by atoms with Crippen LogP contribution in [0.15, 0.2) is 54.6 Å². The molecule has 5 rings (SSSR count). The minimum Gasteiger partial charge on any atom is -0.463 e. The van der Waals surface area contributed by atoms with Crippen LogP contribution < -0.4 is 4.74 Å². The lowest BCUT2D eigenvalue weighted by atomic mass is 9.71. The lowest BCUT2D eigenvalue weighted by molar-refractivity contribution is -0.105. The predicted octanol–water partition coefficient (Wildman–Crippen LogP) is 11.4. The van der Waals surface area contributed by atoms with E-state index >= 15 is 0 Å². The highest BCUT2D eigenvalue weighted by molar-refractivity contribution is 6.10. The number of nitrogens with zero attached hydrogens (tertiary/aromatic N) is 1. The van der Waals surface area contributed by atoms with E-state index in [1.807, 2.05) is 0 Å². The first-order valence-corrected chi connectivity index (χ1v) is 16.4. The number of benzene rings is 3. The van der Waals surface area contributed by atoms with E-state index in [2.05, 4.69) is 135 Å². The predicted molar refractivity (Wildman–Crippen MR) is 184 cm³/mol. The van der Waals surface area contributed by atoms with E-state index in [1.54, 1.807) is 0 Å². The summed E-state index contributed by atoms with van der Waals surface area (Å²) in [6.07, 6.45) is 5.21. The largest absolute Gasteiger partial charge is 0.463 e. The second-order valence-electron chi connectivity index (χ2n) is 16.9. The average molecular weight is 582 g/mol. The molecule has 1 aliphatic heterocycles. The van der Waals surface area contributed by atoms with Gasteiger partial charge in [-0.1, -0.05) is 87.4 Å². The third-order valence-electron chi connectivity index (χ3n) is 9.02. The maximum atomic E-state index is 6.59. The van der Waals surface area contributed by atoms with Crippen molar-refractivity contribution in [3.63, 3.8) is 0 Å². The molecule has 0 aliphatic carbocycles. The Morgan fingerprint density at radius 1 is 0.698 bits per heavy atom. The van der Waals surface area contributed by atoms with Crippen molar-refractivity contribution in [3.05, 3.63) is 71.3 Å². The normalized spacial score (nSPS) is 17.1. The van der Waals surface area contributed by atoms with Crippen LogP contribution in [0.3, 0.4) is 0 Å². The van der Waals surface area contributed by atoms with Gasteiger partial charge in [0.05, 0.1) is 23.3 Å². The Bertz CT molecular complexity index is 1510. The van der Waals surface area contributed by atoms with Crippen LogP contribution in [0.1, 0.15) is 118 Å². The van der Waals surface area contributed by atoms with Crippen LogP contribution in [-0.4, -0.2) is 17.5 Å². The zero-order valence-electron chi connectivity index (χ0n) is 28.8. The molecule has 1 aliphatic rings. The molecule has 3 heteroatoms. The molecule has 4 aromatic rings. The maximum absolute atomic E-state index is 6.59. The van der Waals surface area contributed by atoms with Gasteiger partial charge in [-0.25, -0.2) is 0 Å².